The fraction of sp³-hybridized carbons (Fsp3) is 0.769. The maximum Gasteiger partial charge on any atom is 0.0592 e. The third-order valence-corrected chi connectivity index (χ3v) is 4.66. The summed E-state index contributed by atoms with van der Waals surface area (Å²) in [5.74, 6) is 3.05. The van der Waals surface area contributed by atoms with Gasteiger partial charge in [-0.1, -0.05) is 44.9 Å². The number of hydrogen-bond acceptors (Lipinski definition) is 1. The van der Waals surface area contributed by atoms with Crippen molar-refractivity contribution < 1.29 is 0 Å². The van der Waals surface area contributed by atoms with E-state index in [-0.39, 0.29) is 0 Å². The molecule has 0 amide bonds. The molecule has 2 rings (SSSR count). The van der Waals surface area contributed by atoms with Gasteiger partial charge in [0.25, 0.3) is 0 Å². The molecule has 0 aliphatic heterocycles. The van der Waals surface area contributed by atoms with Crippen molar-refractivity contribution in [3.8, 4) is 0 Å². The molecule has 2 heteroatoms. The summed E-state index contributed by atoms with van der Waals surface area (Å²) >= 11 is 0. The van der Waals surface area contributed by atoms with Gasteiger partial charge in [0.15, 0.2) is 0 Å². The highest BCUT2D eigenvalue weighted by atomic mass is 31.0. The second-order valence-electron chi connectivity index (χ2n) is 4.72. The van der Waals surface area contributed by atoms with Gasteiger partial charge in [-0.15, -0.1) is 8.19 Å². The molecule has 1 unspecified atom stereocenters. The summed E-state index contributed by atoms with van der Waals surface area (Å²) in [6.45, 7) is 0. The van der Waals surface area contributed by atoms with Crippen LogP contribution in [0.2, 0.25) is 0 Å². The van der Waals surface area contributed by atoms with Gasteiger partial charge in [-0.3, -0.25) is 4.98 Å². The third-order valence-electron chi connectivity index (χ3n) is 3.51. The maximum atomic E-state index is 4.53. The molecule has 15 heavy (non-hydrogen) atoms. The molecule has 0 N–H and O–H groups in total. The van der Waals surface area contributed by atoms with Gasteiger partial charge in [-0.2, -0.15) is 0 Å². The van der Waals surface area contributed by atoms with Gasteiger partial charge in [0, 0.05) is 12.1 Å². The number of hydrogen-bond donors (Lipinski definition) is 0. The molecule has 1 aromatic rings. The molecule has 84 valence electrons. The summed E-state index contributed by atoms with van der Waals surface area (Å²) < 4.78 is 0. The molecule has 1 atom stereocenters. The van der Waals surface area contributed by atoms with Crippen LogP contribution in [0.15, 0.2) is 12.0 Å². The van der Waals surface area contributed by atoms with Crippen LogP contribution in [0.25, 0.3) is 0 Å². The first-order chi connectivity index (χ1) is 7.47. The van der Waals surface area contributed by atoms with Crippen LogP contribution in [0.4, 0.5) is 0 Å². The first kappa shape index (κ1) is 11.2. The van der Waals surface area contributed by atoms with E-state index in [0.717, 1.165) is 14.1 Å². The van der Waals surface area contributed by atoms with Gasteiger partial charge in [-0.05, 0) is 18.6 Å². The lowest BCUT2D eigenvalue weighted by atomic mass is 9.93. The molecule has 0 bridgehead atoms. The van der Waals surface area contributed by atoms with Gasteiger partial charge in [-0.25, -0.2) is 0 Å². The monoisotopic (exact) mass is 223 g/mol. The van der Waals surface area contributed by atoms with Crippen LogP contribution in [0, 0.1) is 0 Å². The minimum atomic E-state index is 0.816. The summed E-state index contributed by atoms with van der Waals surface area (Å²) in [4.78, 5) is 4.53. The highest BCUT2D eigenvalue weighted by Crippen LogP contribution is 2.32. The van der Waals surface area contributed by atoms with Gasteiger partial charge in [0.05, 0.1) is 5.43 Å². The zero-order valence-electron chi connectivity index (χ0n) is 9.54. The van der Waals surface area contributed by atoms with Crippen molar-refractivity contribution in [3.63, 3.8) is 0 Å². The smallest absolute Gasteiger partial charge is 0.0592 e. The first-order valence-electron chi connectivity index (χ1n) is 6.46. The molecular weight excluding hydrogens is 201 g/mol. The summed E-state index contributed by atoms with van der Waals surface area (Å²) in [7, 11) is 0.891. The third kappa shape index (κ3) is 3.65. The first-order valence-corrected chi connectivity index (χ1v) is 7.54. The van der Waals surface area contributed by atoms with Crippen LogP contribution in [-0.2, 0) is 0 Å². The predicted octanol–water partition coefficient (Wildman–Crippen LogP) is 4.72. The Kier molecular flexibility index (Phi) is 4.73. The van der Waals surface area contributed by atoms with E-state index >= 15 is 0 Å². The quantitative estimate of drug-likeness (QED) is 0.671. The Labute approximate surface area is 94.8 Å². The molecule has 1 saturated carbocycles. The molecule has 1 aliphatic carbocycles. The van der Waals surface area contributed by atoms with Crippen molar-refractivity contribution in [2.75, 3.05) is 0 Å². The molecule has 0 spiro atoms. The molecule has 1 aliphatic rings. The van der Waals surface area contributed by atoms with E-state index in [0.29, 0.717) is 0 Å². The zero-order valence-corrected chi connectivity index (χ0v) is 10.5. The maximum absolute atomic E-state index is 4.53. The van der Waals surface area contributed by atoms with Gasteiger partial charge >= 0.3 is 0 Å². The van der Waals surface area contributed by atoms with Crippen LogP contribution < -0.4 is 0 Å². The Morgan fingerprint density at radius 1 is 0.933 bits per heavy atom. The van der Waals surface area contributed by atoms with E-state index in [9.17, 15) is 0 Å². The molecule has 0 radical (unpaired) electrons. The Balaban J connectivity index is 1.90. The standard InChI is InChI=1S/C13H22NP/c1-2-4-6-8-12(9-7-5-3-1)13-14-10-11-15-13/h10-12,15H,1-9H2. The molecule has 1 nitrogen and oxygen atoms in total. The highest BCUT2D eigenvalue weighted by molar-refractivity contribution is 7.30. The molecule has 1 fully saturated rings. The van der Waals surface area contributed by atoms with Crippen molar-refractivity contribution in [2.45, 2.75) is 63.7 Å². The Hall–Kier alpha value is -0.290. The van der Waals surface area contributed by atoms with Crippen LogP contribution in [0.3, 0.4) is 0 Å². The summed E-state index contributed by atoms with van der Waals surface area (Å²) in [5.41, 5.74) is 1.50. The number of rotatable bonds is 1. The Morgan fingerprint density at radius 3 is 2.07 bits per heavy atom. The summed E-state index contributed by atoms with van der Waals surface area (Å²) in [6.07, 6.45) is 14.9. The lowest BCUT2D eigenvalue weighted by Gasteiger charge is -2.16. The Bertz CT molecular complexity index is 246. The van der Waals surface area contributed by atoms with Crippen molar-refractivity contribution in [2.24, 2.45) is 0 Å². The average molecular weight is 223 g/mol. The summed E-state index contributed by atoms with van der Waals surface area (Å²) in [6, 6.07) is 0. The second kappa shape index (κ2) is 6.33. The van der Waals surface area contributed by atoms with Crippen LogP contribution in [0.1, 0.15) is 69.1 Å². The van der Waals surface area contributed by atoms with Crippen molar-refractivity contribution in [1.82, 2.24) is 4.98 Å². The second-order valence-corrected chi connectivity index (χ2v) is 5.86. The van der Waals surface area contributed by atoms with Crippen LogP contribution >= 0.6 is 8.19 Å². The largest absolute Gasteiger partial charge is 0.257 e. The molecule has 1 aromatic heterocycles. The van der Waals surface area contributed by atoms with Crippen molar-refractivity contribution in [1.29, 1.82) is 0 Å². The van der Waals surface area contributed by atoms with E-state index in [2.05, 4.69) is 10.8 Å². The topological polar surface area (TPSA) is 12.9 Å². The fourth-order valence-corrected chi connectivity index (χ4v) is 3.58. The van der Waals surface area contributed by atoms with E-state index in [4.69, 9.17) is 0 Å². The molecule has 0 saturated heterocycles. The van der Waals surface area contributed by atoms with E-state index in [1.165, 1.54) is 63.2 Å². The summed E-state index contributed by atoms with van der Waals surface area (Å²) in [5, 5.41) is 0. The predicted molar refractivity (Wildman–Crippen MR) is 68.0 cm³/mol. The molecule has 0 aromatic carbocycles. The average Bonchev–Trinajstić information content (AvgIpc) is 2.79. The lowest BCUT2D eigenvalue weighted by molar-refractivity contribution is 0.462. The zero-order chi connectivity index (χ0) is 10.3. The van der Waals surface area contributed by atoms with Crippen molar-refractivity contribution in [3.05, 3.63) is 17.4 Å². The van der Waals surface area contributed by atoms with Gasteiger partial charge in [0.1, 0.15) is 0 Å². The lowest BCUT2D eigenvalue weighted by Crippen LogP contribution is -2.00. The Morgan fingerprint density at radius 2 is 1.53 bits per heavy atom. The van der Waals surface area contributed by atoms with Gasteiger partial charge < -0.3 is 0 Å². The van der Waals surface area contributed by atoms with E-state index < -0.39 is 0 Å². The SMILES string of the molecule is c1c[pH]c(C2CCCCCCCCC2)n1. The van der Waals surface area contributed by atoms with Crippen molar-refractivity contribution >= 4 is 8.19 Å². The number of aromatic nitrogens is 1. The van der Waals surface area contributed by atoms with Gasteiger partial charge in [0.2, 0.25) is 0 Å². The van der Waals surface area contributed by atoms with Crippen LogP contribution in [-0.4, -0.2) is 4.98 Å². The minimum Gasteiger partial charge on any atom is -0.257 e. The normalized spacial score (nSPS) is 21.9. The number of nitrogens with zero attached hydrogens (tertiary/aromatic N) is 1. The molecule has 1 heterocycles. The fourth-order valence-electron chi connectivity index (χ4n) is 2.58. The van der Waals surface area contributed by atoms with Crippen LogP contribution in [0.5, 0.6) is 0 Å². The molecular formula is C13H22NP. The minimum absolute atomic E-state index is 0.816. The van der Waals surface area contributed by atoms with E-state index in [1.807, 2.05) is 6.20 Å². The highest BCUT2D eigenvalue weighted by Gasteiger charge is 2.13. The van der Waals surface area contributed by atoms with E-state index in [1.54, 1.807) is 0 Å².